The molecule has 0 amide bonds. The van der Waals surface area contributed by atoms with E-state index in [4.69, 9.17) is 4.74 Å². The fourth-order valence-electron chi connectivity index (χ4n) is 2.04. The van der Waals surface area contributed by atoms with E-state index in [0.717, 1.165) is 23.6 Å². The van der Waals surface area contributed by atoms with Gasteiger partial charge in [0, 0.05) is 5.56 Å². The number of methoxy groups -OCH3 is 1. The van der Waals surface area contributed by atoms with Gasteiger partial charge in [-0.05, 0) is 29.8 Å². The number of ether oxygens (including phenoxy) is 1. The maximum atomic E-state index is 5.15. The van der Waals surface area contributed by atoms with Gasteiger partial charge >= 0.3 is 0 Å². The van der Waals surface area contributed by atoms with E-state index >= 15 is 0 Å². The van der Waals surface area contributed by atoms with Crippen molar-refractivity contribution in [2.45, 2.75) is 6.54 Å². The van der Waals surface area contributed by atoms with Gasteiger partial charge < -0.3 is 4.74 Å². The lowest BCUT2D eigenvalue weighted by atomic mass is 10.1. The first kappa shape index (κ1) is 12.4. The first-order chi connectivity index (χ1) is 9.85. The van der Waals surface area contributed by atoms with Crippen LogP contribution >= 0.6 is 0 Å². The summed E-state index contributed by atoms with van der Waals surface area (Å²) in [7, 11) is 1.66. The third-order valence-corrected chi connectivity index (χ3v) is 3.11. The van der Waals surface area contributed by atoms with Crippen molar-refractivity contribution in [1.82, 2.24) is 15.0 Å². The van der Waals surface area contributed by atoms with Crippen molar-refractivity contribution in [3.8, 4) is 17.0 Å². The number of hydrogen-bond acceptors (Lipinski definition) is 3. The lowest BCUT2D eigenvalue weighted by Gasteiger charge is -2.00. The van der Waals surface area contributed by atoms with Crippen LogP contribution in [0.2, 0.25) is 0 Å². The maximum absolute atomic E-state index is 5.15. The quantitative estimate of drug-likeness (QED) is 0.728. The summed E-state index contributed by atoms with van der Waals surface area (Å²) in [6.45, 7) is 0.726. The van der Waals surface area contributed by atoms with E-state index in [1.165, 1.54) is 5.56 Å². The highest BCUT2D eigenvalue weighted by Gasteiger charge is 2.04. The molecule has 0 radical (unpaired) electrons. The monoisotopic (exact) mass is 265 g/mol. The predicted molar refractivity (Wildman–Crippen MR) is 77.6 cm³/mol. The molecule has 0 atom stereocenters. The summed E-state index contributed by atoms with van der Waals surface area (Å²) in [6.07, 6.45) is 1.95. The number of benzene rings is 2. The van der Waals surface area contributed by atoms with Crippen LogP contribution in [-0.2, 0) is 6.54 Å². The van der Waals surface area contributed by atoms with Gasteiger partial charge in [-0.3, -0.25) is 0 Å². The molecule has 1 heterocycles. The van der Waals surface area contributed by atoms with Gasteiger partial charge in [-0.1, -0.05) is 35.5 Å². The van der Waals surface area contributed by atoms with Crippen LogP contribution in [0, 0.1) is 0 Å². The van der Waals surface area contributed by atoms with Gasteiger partial charge in [0.25, 0.3) is 0 Å². The molecule has 100 valence electrons. The Morgan fingerprint density at radius 3 is 2.45 bits per heavy atom. The van der Waals surface area contributed by atoms with Gasteiger partial charge in [0.15, 0.2) is 0 Å². The smallest absolute Gasteiger partial charge is 0.118 e. The minimum Gasteiger partial charge on any atom is -0.497 e. The third kappa shape index (κ3) is 2.69. The summed E-state index contributed by atoms with van der Waals surface area (Å²) in [5, 5.41) is 8.38. The molecule has 3 aromatic rings. The Morgan fingerprint density at radius 1 is 1.00 bits per heavy atom. The number of rotatable bonds is 4. The lowest BCUT2D eigenvalue weighted by molar-refractivity contribution is 0.415. The Morgan fingerprint density at radius 2 is 1.75 bits per heavy atom. The molecule has 0 spiro atoms. The molecule has 2 aromatic carbocycles. The Bertz CT molecular complexity index is 674. The Balaban J connectivity index is 1.79. The first-order valence-electron chi connectivity index (χ1n) is 6.43. The Hall–Kier alpha value is -2.62. The molecule has 0 aliphatic carbocycles. The Labute approximate surface area is 117 Å². The second kappa shape index (κ2) is 5.57. The highest BCUT2D eigenvalue weighted by Crippen LogP contribution is 2.20. The maximum Gasteiger partial charge on any atom is 0.118 e. The van der Waals surface area contributed by atoms with Crippen LogP contribution in [0.1, 0.15) is 5.56 Å². The van der Waals surface area contributed by atoms with Crippen molar-refractivity contribution in [2.75, 3.05) is 7.11 Å². The van der Waals surface area contributed by atoms with Crippen LogP contribution in [0.15, 0.2) is 60.8 Å². The summed E-state index contributed by atoms with van der Waals surface area (Å²) < 4.78 is 6.99. The van der Waals surface area contributed by atoms with Crippen molar-refractivity contribution in [2.24, 2.45) is 0 Å². The SMILES string of the molecule is COc1ccc(-c2cn(Cc3ccccc3)nn2)cc1. The summed E-state index contributed by atoms with van der Waals surface area (Å²) in [4.78, 5) is 0. The fraction of sp³-hybridized carbons (Fsp3) is 0.125. The number of aromatic nitrogens is 3. The van der Waals surface area contributed by atoms with Gasteiger partial charge in [0.2, 0.25) is 0 Å². The van der Waals surface area contributed by atoms with Crippen molar-refractivity contribution >= 4 is 0 Å². The molecule has 0 aliphatic heterocycles. The molecule has 0 bridgehead atoms. The molecule has 0 saturated heterocycles. The van der Waals surface area contributed by atoms with E-state index in [1.807, 2.05) is 53.3 Å². The van der Waals surface area contributed by atoms with E-state index in [9.17, 15) is 0 Å². The van der Waals surface area contributed by atoms with E-state index in [0.29, 0.717) is 0 Å². The molecule has 1 aromatic heterocycles. The molecule has 0 aliphatic rings. The molecule has 0 fully saturated rings. The summed E-state index contributed by atoms with van der Waals surface area (Å²) in [5.74, 6) is 0.838. The zero-order valence-corrected chi connectivity index (χ0v) is 11.2. The molecule has 20 heavy (non-hydrogen) atoms. The van der Waals surface area contributed by atoms with Gasteiger partial charge in [0.05, 0.1) is 19.9 Å². The van der Waals surface area contributed by atoms with Gasteiger partial charge in [0.1, 0.15) is 11.4 Å². The molecule has 4 nitrogen and oxygen atoms in total. The minimum atomic E-state index is 0.726. The summed E-state index contributed by atoms with van der Waals surface area (Å²) in [5.41, 5.74) is 3.10. The number of nitrogens with zero attached hydrogens (tertiary/aromatic N) is 3. The van der Waals surface area contributed by atoms with Crippen molar-refractivity contribution < 1.29 is 4.74 Å². The van der Waals surface area contributed by atoms with Crippen LogP contribution in [0.3, 0.4) is 0 Å². The van der Waals surface area contributed by atoms with Crippen molar-refractivity contribution in [3.63, 3.8) is 0 Å². The molecule has 0 unspecified atom stereocenters. The van der Waals surface area contributed by atoms with Crippen LogP contribution in [0.4, 0.5) is 0 Å². The molecular formula is C16H15N3O. The van der Waals surface area contributed by atoms with Gasteiger partial charge in [-0.15, -0.1) is 5.10 Å². The highest BCUT2D eigenvalue weighted by atomic mass is 16.5. The van der Waals surface area contributed by atoms with Gasteiger partial charge in [-0.25, -0.2) is 4.68 Å². The van der Waals surface area contributed by atoms with E-state index in [2.05, 4.69) is 22.4 Å². The third-order valence-electron chi connectivity index (χ3n) is 3.11. The molecular weight excluding hydrogens is 250 g/mol. The average molecular weight is 265 g/mol. The Kier molecular flexibility index (Phi) is 3.46. The lowest BCUT2D eigenvalue weighted by Crippen LogP contribution is -1.99. The van der Waals surface area contributed by atoms with Crippen molar-refractivity contribution in [1.29, 1.82) is 0 Å². The van der Waals surface area contributed by atoms with E-state index in [1.54, 1.807) is 7.11 Å². The molecule has 4 heteroatoms. The summed E-state index contributed by atoms with van der Waals surface area (Å²) in [6, 6.07) is 18.0. The molecule has 0 saturated carbocycles. The van der Waals surface area contributed by atoms with Crippen LogP contribution in [-0.4, -0.2) is 22.1 Å². The second-order valence-electron chi connectivity index (χ2n) is 4.52. The number of hydrogen-bond donors (Lipinski definition) is 0. The van der Waals surface area contributed by atoms with Crippen molar-refractivity contribution in [3.05, 3.63) is 66.4 Å². The first-order valence-corrected chi connectivity index (χ1v) is 6.43. The highest BCUT2D eigenvalue weighted by molar-refractivity contribution is 5.58. The topological polar surface area (TPSA) is 39.9 Å². The average Bonchev–Trinajstić information content (AvgIpc) is 2.97. The predicted octanol–water partition coefficient (Wildman–Crippen LogP) is 3.00. The standard InChI is InChI=1S/C16H15N3O/c1-20-15-9-7-14(8-10-15)16-12-19(18-17-16)11-13-5-3-2-4-6-13/h2-10,12H,11H2,1H3. The molecule has 0 N–H and O–H groups in total. The summed E-state index contributed by atoms with van der Waals surface area (Å²) >= 11 is 0. The second-order valence-corrected chi connectivity index (χ2v) is 4.52. The minimum absolute atomic E-state index is 0.726. The molecule has 3 rings (SSSR count). The fourth-order valence-corrected chi connectivity index (χ4v) is 2.04. The zero-order chi connectivity index (χ0) is 13.8. The normalized spacial score (nSPS) is 10.4. The zero-order valence-electron chi connectivity index (χ0n) is 11.2. The van der Waals surface area contributed by atoms with Gasteiger partial charge in [-0.2, -0.15) is 0 Å². The van der Waals surface area contributed by atoms with Crippen LogP contribution in [0.25, 0.3) is 11.3 Å². The van der Waals surface area contributed by atoms with E-state index in [-0.39, 0.29) is 0 Å². The largest absolute Gasteiger partial charge is 0.497 e. The van der Waals surface area contributed by atoms with Crippen LogP contribution < -0.4 is 4.74 Å². The van der Waals surface area contributed by atoms with Crippen LogP contribution in [0.5, 0.6) is 5.75 Å². The van der Waals surface area contributed by atoms with E-state index < -0.39 is 0 Å².